The van der Waals surface area contributed by atoms with Gasteiger partial charge < -0.3 is 15.8 Å². The molecule has 4 nitrogen and oxygen atoms in total. The van der Waals surface area contributed by atoms with E-state index in [0.29, 0.717) is 31.9 Å². The molecule has 0 aliphatic carbocycles. The minimum atomic E-state index is -0.0937. The van der Waals surface area contributed by atoms with Crippen molar-refractivity contribution in [2.45, 2.75) is 0 Å². The van der Waals surface area contributed by atoms with Gasteiger partial charge >= 0.3 is 0 Å². The van der Waals surface area contributed by atoms with E-state index in [4.69, 9.17) is 10.5 Å². The van der Waals surface area contributed by atoms with Gasteiger partial charge in [0.05, 0.1) is 13.2 Å². The van der Waals surface area contributed by atoms with Gasteiger partial charge in [-0.15, -0.1) is 0 Å². The van der Waals surface area contributed by atoms with Crippen LogP contribution in [0.2, 0.25) is 0 Å². The molecule has 0 saturated carbocycles. The predicted octanol–water partition coefficient (Wildman–Crippen LogP) is 1.15. The number of hydrogen-bond acceptors (Lipinski definition) is 3. The third-order valence-electron chi connectivity index (χ3n) is 1.90. The van der Waals surface area contributed by atoms with Crippen molar-refractivity contribution in [2.75, 3.05) is 26.3 Å². The van der Waals surface area contributed by atoms with Crippen LogP contribution in [0.5, 0.6) is 0 Å². The van der Waals surface area contributed by atoms with Gasteiger partial charge in [0.25, 0.3) is 5.91 Å². The fourth-order valence-corrected chi connectivity index (χ4v) is 1.39. The van der Waals surface area contributed by atoms with Crippen molar-refractivity contribution in [1.29, 1.82) is 0 Å². The number of benzene rings is 1. The van der Waals surface area contributed by atoms with E-state index in [0.717, 1.165) is 4.47 Å². The molecule has 0 saturated heterocycles. The summed E-state index contributed by atoms with van der Waals surface area (Å²) in [5, 5.41) is 2.76. The number of halogens is 1. The number of carbonyl (C=O) groups excluding carboxylic acids is 1. The summed E-state index contributed by atoms with van der Waals surface area (Å²) in [5.41, 5.74) is 5.90. The average molecular weight is 287 g/mol. The zero-order chi connectivity index (χ0) is 11.8. The summed E-state index contributed by atoms with van der Waals surface area (Å²) in [5.74, 6) is -0.0937. The molecule has 16 heavy (non-hydrogen) atoms. The number of ether oxygens (including phenoxy) is 1. The van der Waals surface area contributed by atoms with Crippen molar-refractivity contribution in [2.24, 2.45) is 5.73 Å². The third kappa shape index (κ3) is 4.74. The molecule has 88 valence electrons. The van der Waals surface area contributed by atoms with E-state index in [1.165, 1.54) is 0 Å². The molecule has 3 N–H and O–H groups in total. The molecule has 1 rings (SSSR count). The first-order chi connectivity index (χ1) is 7.74. The van der Waals surface area contributed by atoms with E-state index >= 15 is 0 Å². The van der Waals surface area contributed by atoms with E-state index in [2.05, 4.69) is 21.2 Å². The van der Waals surface area contributed by atoms with Crippen molar-refractivity contribution in [3.05, 3.63) is 34.3 Å². The van der Waals surface area contributed by atoms with E-state index < -0.39 is 0 Å². The van der Waals surface area contributed by atoms with Gasteiger partial charge in [-0.25, -0.2) is 0 Å². The maximum atomic E-state index is 11.6. The quantitative estimate of drug-likeness (QED) is 0.772. The summed E-state index contributed by atoms with van der Waals surface area (Å²) < 4.78 is 6.09. The standard InChI is InChI=1S/C11H15BrN2O2/c12-10-3-1-9(2-4-10)11(15)14-6-8-16-7-5-13/h1-4H,5-8,13H2,(H,14,15). The van der Waals surface area contributed by atoms with Crippen LogP contribution in [-0.4, -0.2) is 32.2 Å². The van der Waals surface area contributed by atoms with Gasteiger partial charge in [-0.3, -0.25) is 4.79 Å². The molecule has 0 spiro atoms. The Kier molecular flexibility index (Phi) is 6.07. The summed E-state index contributed by atoms with van der Waals surface area (Å²) in [4.78, 5) is 11.6. The normalized spacial score (nSPS) is 10.1. The molecule has 1 amide bonds. The Morgan fingerprint density at radius 1 is 1.31 bits per heavy atom. The van der Waals surface area contributed by atoms with Crippen LogP contribution >= 0.6 is 15.9 Å². The summed E-state index contributed by atoms with van der Waals surface area (Å²) >= 11 is 3.31. The second kappa shape index (κ2) is 7.38. The molecule has 0 bridgehead atoms. The molecule has 0 unspecified atom stereocenters. The largest absolute Gasteiger partial charge is 0.378 e. The van der Waals surface area contributed by atoms with Crippen LogP contribution in [0.4, 0.5) is 0 Å². The zero-order valence-corrected chi connectivity index (χ0v) is 10.5. The lowest BCUT2D eigenvalue weighted by Crippen LogP contribution is -2.27. The summed E-state index contributed by atoms with van der Waals surface area (Å²) in [6.07, 6.45) is 0. The highest BCUT2D eigenvalue weighted by atomic mass is 79.9. The van der Waals surface area contributed by atoms with Crippen LogP contribution < -0.4 is 11.1 Å². The molecule has 0 aliphatic rings. The minimum absolute atomic E-state index is 0.0937. The second-order valence-corrected chi connectivity index (χ2v) is 4.08. The molecule has 0 aromatic heterocycles. The topological polar surface area (TPSA) is 64.3 Å². The summed E-state index contributed by atoms with van der Waals surface area (Å²) in [7, 11) is 0. The molecule has 0 atom stereocenters. The molecular formula is C11H15BrN2O2. The minimum Gasteiger partial charge on any atom is -0.378 e. The van der Waals surface area contributed by atoms with Crippen LogP contribution in [-0.2, 0) is 4.74 Å². The van der Waals surface area contributed by atoms with Crippen LogP contribution in [0, 0.1) is 0 Å². The first-order valence-electron chi connectivity index (χ1n) is 5.05. The van der Waals surface area contributed by atoms with Crippen LogP contribution in [0.25, 0.3) is 0 Å². The van der Waals surface area contributed by atoms with Crippen LogP contribution in [0.3, 0.4) is 0 Å². The van der Waals surface area contributed by atoms with E-state index in [9.17, 15) is 4.79 Å². The highest BCUT2D eigenvalue weighted by Crippen LogP contribution is 2.10. The Hall–Kier alpha value is -0.910. The Balaban J connectivity index is 2.27. The predicted molar refractivity (Wildman–Crippen MR) is 66.3 cm³/mol. The van der Waals surface area contributed by atoms with Crippen molar-refractivity contribution in [3.63, 3.8) is 0 Å². The lowest BCUT2D eigenvalue weighted by atomic mass is 10.2. The fraction of sp³-hybridized carbons (Fsp3) is 0.364. The van der Waals surface area contributed by atoms with Gasteiger partial charge in [-0.05, 0) is 24.3 Å². The van der Waals surface area contributed by atoms with Crippen molar-refractivity contribution in [1.82, 2.24) is 5.32 Å². The highest BCUT2D eigenvalue weighted by Gasteiger charge is 2.03. The van der Waals surface area contributed by atoms with E-state index in [1.54, 1.807) is 12.1 Å². The van der Waals surface area contributed by atoms with Gasteiger partial charge in [0.1, 0.15) is 0 Å². The number of rotatable bonds is 6. The Morgan fingerprint density at radius 2 is 2.00 bits per heavy atom. The number of nitrogens with two attached hydrogens (primary N) is 1. The first kappa shape index (κ1) is 13.2. The van der Waals surface area contributed by atoms with Crippen molar-refractivity contribution >= 4 is 21.8 Å². The van der Waals surface area contributed by atoms with Gasteiger partial charge in [0.15, 0.2) is 0 Å². The maximum Gasteiger partial charge on any atom is 0.251 e. The third-order valence-corrected chi connectivity index (χ3v) is 2.43. The molecule has 0 fully saturated rings. The molecule has 0 aliphatic heterocycles. The van der Waals surface area contributed by atoms with Gasteiger partial charge in [-0.1, -0.05) is 15.9 Å². The van der Waals surface area contributed by atoms with Crippen LogP contribution in [0.15, 0.2) is 28.7 Å². The van der Waals surface area contributed by atoms with Gasteiger partial charge in [0.2, 0.25) is 0 Å². The van der Waals surface area contributed by atoms with Gasteiger partial charge in [0, 0.05) is 23.1 Å². The van der Waals surface area contributed by atoms with Crippen molar-refractivity contribution < 1.29 is 9.53 Å². The monoisotopic (exact) mass is 286 g/mol. The molecule has 1 aromatic carbocycles. The molecule has 0 heterocycles. The number of hydrogen-bond donors (Lipinski definition) is 2. The Labute approximate surface area is 103 Å². The molecule has 0 radical (unpaired) electrons. The molecular weight excluding hydrogens is 272 g/mol. The maximum absolute atomic E-state index is 11.6. The number of carbonyl (C=O) groups is 1. The van der Waals surface area contributed by atoms with Crippen molar-refractivity contribution in [3.8, 4) is 0 Å². The zero-order valence-electron chi connectivity index (χ0n) is 8.91. The highest BCUT2D eigenvalue weighted by molar-refractivity contribution is 9.10. The number of nitrogens with one attached hydrogen (secondary N) is 1. The summed E-state index contributed by atoms with van der Waals surface area (Å²) in [6.45, 7) is 2.00. The lowest BCUT2D eigenvalue weighted by Gasteiger charge is -2.05. The SMILES string of the molecule is NCCOCCNC(=O)c1ccc(Br)cc1. The summed E-state index contributed by atoms with van der Waals surface area (Å²) in [6, 6.07) is 7.19. The van der Waals surface area contributed by atoms with Crippen LogP contribution in [0.1, 0.15) is 10.4 Å². The number of amides is 1. The van der Waals surface area contributed by atoms with E-state index in [-0.39, 0.29) is 5.91 Å². The molecule has 5 heteroatoms. The average Bonchev–Trinajstić information content (AvgIpc) is 2.29. The smallest absolute Gasteiger partial charge is 0.251 e. The fourth-order valence-electron chi connectivity index (χ4n) is 1.13. The van der Waals surface area contributed by atoms with E-state index in [1.807, 2.05) is 12.1 Å². The Bertz CT molecular complexity index is 327. The lowest BCUT2D eigenvalue weighted by molar-refractivity contribution is 0.0920. The van der Waals surface area contributed by atoms with Gasteiger partial charge in [-0.2, -0.15) is 0 Å². The second-order valence-electron chi connectivity index (χ2n) is 3.16. The first-order valence-corrected chi connectivity index (χ1v) is 5.85. The molecule has 1 aromatic rings. The Morgan fingerprint density at radius 3 is 2.62 bits per heavy atom.